The van der Waals surface area contributed by atoms with Gasteiger partial charge in [-0.15, -0.1) is 0 Å². The molecule has 1 aromatic rings. The van der Waals surface area contributed by atoms with E-state index < -0.39 is 23.8 Å². The second kappa shape index (κ2) is 10.6. The molecule has 2 aliphatic rings. The number of anilines is 1. The van der Waals surface area contributed by atoms with Crippen LogP contribution >= 0.6 is 0 Å². The number of amides is 3. The molecule has 2 aliphatic heterocycles. The fraction of sp³-hybridized carbons (Fsp3) is 0.423. The third-order valence-corrected chi connectivity index (χ3v) is 5.76. The van der Waals surface area contributed by atoms with Crippen LogP contribution < -0.4 is 16.0 Å². The number of aliphatic imine (C=N–C) groups is 1. The molecule has 3 rings (SSSR count). The Hall–Kier alpha value is -3.93. The van der Waals surface area contributed by atoms with Crippen LogP contribution in [0.4, 0.5) is 5.69 Å². The van der Waals surface area contributed by atoms with Gasteiger partial charge in [0.05, 0.1) is 28.2 Å². The molecule has 1 aromatic carbocycles. The molecule has 1 fully saturated rings. The third-order valence-electron chi connectivity index (χ3n) is 5.76. The maximum Gasteiger partial charge on any atom is 0.262 e. The lowest BCUT2D eigenvalue weighted by molar-refractivity contribution is -0.124. The highest BCUT2D eigenvalue weighted by Crippen LogP contribution is 2.32. The summed E-state index contributed by atoms with van der Waals surface area (Å²) in [5.74, 6) is 4.86. The first-order chi connectivity index (χ1) is 16.6. The smallest absolute Gasteiger partial charge is 0.262 e. The van der Waals surface area contributed by atoms with Gasteiger partial charge in [-0.1, -0.05) is 11.8 Å². The lowest BCUT2D eigenvalue weighted by Crippen LogP contribution is -2.48. The number of nitrogens with zero attached hydrogens (tertiary/aromatic N) is 3. The van der Waals surface area contributed by atoms with Crippen molar-refractivity contribution in [2.75, 3.05) is 25.0 Å². The molecule has 184 valence electrons. The van der Waals surface area contributed by atoms with Gasteiger partial charge in [-0.25, -0.2) is 0 Å². The number of nitrogens with two attached hydrogens (primary N) is 1. The molecule has 0 spiro atoms. The minimum atomic E-state index is -1.03. The summed E-state index contributed by atoms with van der Waals surface area (Å²) in [5.41, 5.74) is 7.42. The van der Waals surface area contributed by atoms with E-state index in [1.807, 2.05) is 20.8 Å². The highest BCUT2D eigenvalue weighted by molar-refractivity contribution is 6.23. The van der Waals surface area contributed by atoms with E-state index in [9.17, 15) is 19.2 Å². The zero-order chi connectivity index (χ0) is 25.8. The lowest BCUT2D eigenvalue weighted by Gasteiger charge is -2.38. The maximum absolute atomic E-state index is 13.1. The fourth-order valence-corrected chi connectivity index (χ4v) is 3.84. The van der Waals surface area contributed by atoms with Crippen molar-refractivity contribution < 1.29 is 19.2 Å². The number of nitrogens with one attached hydrogen (secondary N) is 1. The number of carbonyl (C=O) groups excluding carboxylic acids is 4. The van der Waals surface area contributed by atoms with E-state index in [2.05, 4.69) is 27.0 Å². The third kappa shape index (κ3) is 5.77. The molecule has 9 heteroatoms. The van der Waals surface area contributed by atoms with E-state index in [0.29, 0.717) is 24.9 Å². The SMILES string of the molecule is CNC(=O)C(CCC=O)N1C(=O)c2ccc(N3CC(C#CC(C=NC(C)(C)C)=CN)C3)cc2C1=O. The Labute approximate surface area is 205 Å². The molecule has 0 radical (unpaired) electrons. The zero-order valence-electron chi connectivity index (χ0n) is 20.5. The minimum absolute atomic E-state index is 0.0655. The molecule has 0 saturated carbocycles. The van der Waals surface area contributed by atoms with Gasteiger partial charge in [0, 0.05) is 44.7 Å². The summed E-state index contributed by atoms with van der Waals surface area (Å²) < 4.78 is 0. The van der Waals surface area contributed by atoms with Crippen LogP contribution in [0, 0.1) is 17.8 Å². The molecule has 1 atom stereocenters. The van der Waals surface area contributed by atoms with Gasteiger partial charge in [0.1, 0.15) is 12.3 Å². The Balaban J connectivity index is 1.71. The number of allylic oxidation sites excluding steroid dienone is 1. The van der Waals surface area contributed by atoms with Crippen molar-refractivity contribution in [1.82, 2.24) is 10.2 Å². The zero-order valence-corrected chi connectivity index (χ0v) is 20.5. The lowest BCUT2D eigenvalue weighted by atomic mass is 9.98. The molecule has 35 heavy (non-hydrogen) atoms. The van der Waals surface area contributed by atoms with Gasteiger partial charge in [-0.05, 0) is 45.4 Å². The van der Waals surface area contributed by atoms with Crippen LogP contribution in [0.15, 0.2) is 35.0 Å². The molecule has 3 N–H and O–H groups in total. The van der Waals surface area contributed by atoms with Gasteiger partial charge in [-0.3, -0.25) is 24.3 Å². The number of rotatable bonds is 7. The maximum atomic E-state index is 13.1. The number of likely N-dealkylation sites (N-methyl/N-ethyl adjacent to an activating group) is 1. The molecule has 0 aliphatic carbocycles. The van der Waals surface area contributed by atoms with Crippen LogP contribution in [-0.4, -0.2) is 66.8 Å². The van der Waals surface area contributed by atoms with Crippen LogP contribution in [0.1, 0.15) is 54.3 Å². The number of benzene rings is 1. The van der Waals surface area contributed by atoms with Crippen LogP contribution in [0.3, 0.4) is 0 Å². The fourth-order valence-electron chi connectivity index (χ4n) is 3.84. The molecular weight excluding hydrogens is 446 g/mol. The summed E-state index contributed by atoms with van der Waals surface area (Å²) in [6, 6.07) is 4.05. The Kier molecular flexibility index (Phi) is 7.75. The molecule has 9 nitrogen and oxygen atoms in total. The number of fused-ring (bicyclic) bond motifs is 1. The van der Waals surface area contributed by atoms with Gasteiger partial charge in [0.25, 0.3) is 11.8 Å². The topological polar surface area (TPSA) is 125 Å². The normalized spacial score (nSPS) is 17.1. The van der Waals surface area contributed by atoms with Crippen LogP contribution in [0.2, 0.25) is 0 Å². The Morgan fingerprint density at radius 1 is 1.26 bits per heavy atom. The van der Waals surface area contributed by atoms with E-state index in [-0.39, 0.29) is 35.4 Å². The minimum Gasteiger partial charge on any atom is -0.404 e. The van der Waals surface area contributed by atoms with Crippen LogP contribution in [0.5, 0.6) is 0 Å². The van der Waals surface area contributed by atoms with E-state index in [1.54, 1.807) is 24.4 Å². The molecule has 0 aromatic heterocycles. The predicted molar refractivity (Wildman–Crippen MR) is 134 cm³/mol. The number of carbonyl (C=O) groups is 4. The first kappa shape index (κ1) is 25.7. The standard InChI is InChI=1S/C26H31N5O4/c1-26(2,3)29-14-17(13-27)7-8-18-15-30(16-18)19-9-10-20-21(12-19)25(35)31(24(20)34)22(6-5-11-32)23(33)28-4/h9-14,18,22H,5-6,15-16,27H2,1-4H3,(H,28,33). The first-order valence-electron chi connectivity index (χ1n) is 11.5. The van der Waals surface area contributed by atoms with Crippen molar-refractivity contribution in [2.24, 2.45) is 16.6 Å². The number of aldehydes is 1. The first-order valence-corrected chi connectivity index (χ1v) is 11.5. The summed E-state index contributed by atoms with van der Waals surface area (Å²) in [6.07, 6.45) is 3.93. The monoisotopic (exact) mass is 477 g/mol. The number of hydrogen-bond acceptors (Lipinski definition) is 7. The van der Waals surface area contributed by atoms with Crippen molar-refractivity contribution in [3.05, 3.63) is 41.1 Å². The molecule has 1 saturated heterocycles. The van der Waals surface area contributed by atoms with Gasteiger partial charge in [0.15, 0.2) is 0 Å². The highest BCUT2D eigenvalue weighted by atomic mass is 16.2. The van der Waals surface area contributed by atoms with Gasteiger partial charge < -0.3 is 20.7 Å². The average Bonchev–Trinajstić information content (AvgIpc) is 3.04. The summed E-state index contributed by atoms with van der Waals surface area (Å²) >= 11 is 0. The second-order valence-corrected chi connectivity index (χ2v) is 9.51. The van der Waals surface area contributed by atoms with Crippen molar-refractivity contribution >= 4 is 35.9 Å². The van der Waals surface area contributed by atoms with Gasteiger partial charge in [-0.2, -0.15) is 0 Å². The van der Waals surface area contributed by atoms with Crippen LogP contribution in [-0.2, 0) is 9.59 Å². The highest BCUT2D eigenvalue weighted by Gasteiger charge is 2.43. The number of imide groups is 1. The van der Waals surface area contributed by atoms with E-state index in [1.165, 1.54) is 13.2 Å². The molecular formula is C26H31N5O4. The Morgan fingerprint density at radius 2 is 1.94 bits per heavy atom. The number of hydrogen-bond donors (Lipinski definition) is 2. The van der Waals surface area contributed by atoms with E-state index in [0.717, 1.165) is 10.6 Å². The Morgan fingerprint density at radius 3 is 2.54 bits per heavy atom. The largest absolute Gasteiger partial charge is 0.404 e. The summed E-state index contributed by atoms with van der Waals surface area (Å²) in [5, 5.41) is 2.47. The summed E-state index contributed by atoms with van der Waals surface area (Å²) in [4.78, 5) is 56.6. The molecule has 1 unspecified atom stereocenters. The van der Waals surface area contributed by atoms with Gasteiger partial charge >= 0.3 is 0 Å². The second-order valence-electron chi connectivity index (χ2n) is 9.51. The average molecular weight is 478 g/mol. The van der Waals surface area contributed by atoms with E-state index >= 15 is 0 Å². The molecule has 2 heterocycles. The van der Waals surface area contributed by atoms with Crippen molar-refractivity contribution in [3.63, 3.8) is 0 Å². The van der Waals surface area contributed by atoms with E-state index in [4.69, 9.17) is 5.73 Å². The predicted octanol–water partition coefficient (Wildman–Crippen LogP) is 1.53. The summed E-state index contributed by atoms with van der Waals surface area (Å²) in [6.45, 7) is 7.32. The quantitative estimate of drug-likeness (QED) is 0.266. The van der Waals surface area contributed by atoms with Gasteiger partial charge in [0.2, 0.25) is 5.91 Å². The van der Waals surface area contributed by atoms with Crippen molar-refractivity contribution in [2.45, 2.75) is 45.2 Å². The Bertz CT molecular complexity index is 1150. The van der Waals surface area contributed by atoms with Crippen molar-refractivity contribution in [3.8, 4) is 11.8 Å². The summed E-state index contributed by atoms with van der Waals surface area (Å²) in [7, 11) is 1.43. The molecule has 3 amide bonds. The molecule has 0 bridgehead atoms. The van der Waals surface area contributed by atoms with Crippen LogP contribution in [0.25, 0.3) is 0 Å². The van der Waals surface area contributed by atoms with Crippen molar-refractivity contribution in [1.29, 1.82) is 0 Å².